The van der Waals surface area contributed by atoms with Crippen LogP contribution >= 0.6 is 11.6 Å². The number of nitrogens with zero attached hydrogens (tertiary/aromatic N) is 2. The van der Waals surface area contributed by atoms with Gasteiger partial charge in [-0.3, -0.25) is 9.78 Å². The van der Waals surface area contributed by atoms with Gasteiger partial charge in [-0.1, -0.05) is 23.7 Å². The summed E-state index contributed by atoms with van der Waals surface area (Å²) in [5.41, 5.74) is 2.86. The predicted molar refractivity (Wildman–Crippen MR) is 116 cm³/mol. The maximum Gasteiger partial charge on any atom is 0.335 e. The molecule has 0 aliphatic carbocycles. The van der Waals surface area contributed by atoms with Gasteiger partial charge in [0.15, 0.2) is 11.5 Å². The normalized spacial score (nSPS) is 15.3. The number of H-pyrrole nitrogens is 1. The Bertz CT molecular complexity index is 1300. The molecular formula is C21H19ClN4O5. The first kappa shape index (κ1) is 20.5. The Hall–Kier alpha value is -3.72. The van der Waals surface area contributed by atoms with Crippen LogP contribution in [0.1, 0.15) is 23.6 Å². The van der Waals surface area contributed by atoms with Gasteiger partial charge >= 0.3 is 5.69 Å². The summed E-state index contributed by atoms with van der Waals surface area (Å²) in [6.07, 6.45) is 0.305. The molecule has 0 radical (unpaired) electrons. The van der Waals surface area contributed by atoms with Gasteiger partial charge in [-0.25, -0.2) is 9.36 Å². The Morgan fingerprint density at radius 3 is 2.61 bits per heavy atom. The van der Waals surface area contributed by atoms with Crippen LogP contribution in [-0.4, -0.2) is 34.6 Å². The van der Waals surface area contributed by atoms with Gasteiger partial charge in [0.05, 0.1) is 31.7 Å². The fraction of sp³-hybridized carbons (Fsp3) is 0.190. The van der Waals surface area contributed by atoms with Crippen LogP contribution in [0, 0.1) is 0 Å². The summed E-state index contributed by atoms with van der Waals surface area (Å²) in [5.74, 6) is 0.642. The number of hydrazone groups is 1. The molecule has 1 aliphatic rings. The number of hydrogen-bond acceptors (Lipinski definition) is 7. The molecule has 0 amide bonds. The SMILES string of the molecule is COc1ccc(C2CC(c3c(O)n(-c4cccc(Cl)c4)c(=O)[nH]c3=O)=NN2)cc1OC. The molecule has 1 atom stereocenters. The summed E-state index contributed by atoms with van der Waals surface area (Å²) in [6.45, 7) is 0. The second-order valence-electron chi connectivity index (χ2n) is 6.83. The number of aromatic amines is 1. The van der Waals surface area contributed by atoms with E-state index in [1.54, 1.807) is 38.5 Å². The maximum absolute atomic E-state index is 12.5. The van der Waals surface area contributed by atoms with E-state index in [4.69, 9.17) is 21.1 Å². The van der Waals surface area contributed by atoms with E-state index in [9.17, 15) is 14.7 Å². The maximum atomic E-state index is 12.5. The fourth-order valence-corrected chi connectivity index (χ4v) is 3.68. The summed E-state index contributed by atoms with van der Waals surface area (Å²) in [7, 11) is 3.10. The Balaban J connectivity index is 1.71. The standard InChI is InChI=1S/C21H19ClN4O5/c1-30-16-7-6-11(8-17(16)31-2)14-10-15(25-24-14)18-19(27)23-21(29)26(20(18)28)13-5-3-4-12(22)9-13/h3-9,14,24,28H,10H2,1-2H3,(H,23,27,29). The monoisotopic (exact) mass is 442 g/mol. The minimum absolute atomic E-state index is 0.0879. The van der Waals surface area contributed by atoms with Crippen LogP contribution in [0.25, 0.3) is 5.69 Å². The third-order valence-corrected chi connectivity index (χ3v) is 5.24. The van der Waals surface area contributed by atoms with Crippen molar-refractivity contribution in [3.63, 3.8) is 0 Å². The van der Waals surface area contributed by atoms with Crippen LogP contribution in [0.4, 0.5) is 0 Å². The van der Waals surface area contributed by atoms with Gasteiger partial charge in [0.1, 0.15) is 5.56 Å². The van der Waals surface area contributed by atoms with Crippen LogP contribution in [-0.2, 0) is 0 Å². The van der Waals surface area contributed by atoms with Gasteiger partial charge in [0, 0.05) is 11.4 Å². The van der Waals surface area contributed by atoms with Crippen LogP contribution in [0.3, 0.4) is 0 Å². The highest BCUT2D eigenvalue weighted by molar-refractivity contribution is 6.30. The van der Waals surface area contributed by atoms with Gasteiger partial charge in [-0.2, -0.15) is 5.10 Å². The average molecular weight is 443 g/mol. The Labute approximate surface area is 181 Å². The fourth-order valence-electron chi connectivity index (χ4n) is 3.50. The van der Waals surface area contributed by atoms with E-state index < -0.39 is 17.1 Å². The Morgan fingerprint density at radius 2 is 1.90 bits per heavy atom. The van der Waals surface area contributed by atoms with Gasteiger partial charge < -0.3 is 20.0 Å². The molecule has 3 N–H and O–H groups in total. The lowest BCUT2D eigenvalue weighted by molar-refractivity contribution is 0.354. The second-order valence-corrected chi connectivity index (χ2v) is 7.27. The van der Waals surface area contributed by atoms with Crippen molar-refractivity contribution in [2.75, 3.05) is 14.2 Å². The Kier molecular flexibility index (Phi) is 5.43. The third kappa shape index (κ3) is 3.75. The van der Waals surface area contributed by atoms with Crippen molar-refractivity contribution < 1.29 is 14.6 Å². The van der Waals surface area contributed by atoms with Crippen molar-refractivity contribution in [1.29, 1.82) is 0 Å². The highest BCUT2D eigenvalue weighted by atomic mass is 35.5. The molecule has 1 unspecified atom stereocenters. The minimum Gasteiger partial charge on any atom is -0.493 e. The van der Waals surface area contributed by atoms with Gasteiger partial charge in [0.25, 0.3) is 5.56 Å². The molecule has 4 rings (SSSR count). The molecule has 1 aromatic heterocycles. The first-order chi connectivity index (χ1) is 14.9. The van der Waals surface area contributed by atoms with Gasteiger partial charge in [-0.15, -0.1) is 0 Å². The van der Waals surface area contributed by atoms with Crippen molar-refractivity contribution in [3.05, 3.63) is 79.5 Å². The highest BCUT2D eigenvalue weighted by Crippen LogP contribution is 2.33. The number of methoxy groups -OCH3 is 2. The smallest absolute Gasteiger partial charge is 0.335 e. The van der Waals surface area contributed by atoms with E-state index >= 15 is 0 Å². The van der Waals surface area contributed by atoms with Gasteiger partial charge in [-0.05, 0) is 35.9 Å². The molecule has 160 valence electrons. The number of hydrogen-bond donors (Lipinski definition) is 3. The van der Waals surface area contributed by atoms with Crippen molar-refractivity contribution >= 4 is 17.3 Å². The molecule has 1 aliphatic heterocycles. The van der Waals surface area contributed by atoms with Crippen LogP contribution in [0.5, 0.6) is 17.4 Å². The summed E-state index contributed by atoms with van der Waals surface area (Å²) in [4.78, 5) is 27.1. The molecule has 0 bridgehead atoms. The summed E-state index contributed by atoms with van der Waals surface area (Å²) < 4.78 is 11.6. The number of ether oxygens (including phenoxy) is 2. The van der Waals surface area contributed by atoms with Gasteiger partial charge in [0.2, 0.25) is 5.88 Å². The van der Waals surface area contributed by atoms with E-state index in [0.717, 1.165) is 10.1 Å². The molecule has 0 saturated heterocycles. The highest BCUT2D eigenvalue weighted by Gasteiger charge is 2.28. The Morgan fingerprint density at radius 1 is 1.13 bits per heavy atom. The van der Waals surface area contributed by atoms with Crippen molar-refractivity contribution in [2.45, 2.75) is 12.5 Å². The van der Waals surface area contributed by atoms with E-state index in [0.29, 0.717) is 34.3 Å². The zero-order valence-corrected chi connectivity index (χ0v) is 17.4. The molecule has 2 heterocycles. The minimum atomic E-state index is -0.781. The van der Waals surface area contributed by atoms with Crippen LogP contribution < -0.4 is 26.1 Å². The van der Waals surface area contributed by atoms with E-state index in [1.165, 1.54) is 6.07 Å². The average Bonchev–Trinajstić information content (AvgIpc) is 3.22. The molecule has 31 heavy (non-hydrogen) atoms. The summed E-state index contributed by atoms with van der Waals surface area (Å²) >= 11 is 6.01. The topological polar surface area (TPSA) is 118 Å². The van der Waals surface area contributed by atoms with E-state index in [2.05, 4.69) is 15.5 Å². The first-order valence-corrected chi connectivity index (χ1v) is 9.69. The van der Waals surface area contributed by atoms with E-state index in [1.807, 2.05) is 12.1 Å². The summed E-state index contributed by atoms with van der Waals surface area (Å²) in [6, 6.07) is 11.6. The molecule has 9 nitrogen and oxygen atoms in total. The zero-order valence-electron chi connectivity index (χ0n) is 16.7. The molecule has 10 heteroatoms. The number of aromatic hydroxyl groups is 1. The number of aromatic nitrogens is 2. The number of nitrogens with one attached hydrogen (secondary N) is 2. The molecule has 0 fully saturated rings. The quantitative estimate of drug-likeness (QED) is 0.558. The molecular weight excluding hydrogens is 424 g/mol. The lowest BCUT2D eigenvalue weighted by Crippen LogP contribution is -2.33. The van der Waals surface area contributed by atoms with Crippen LogP contribution in [0.15, 0.2) is 57.2 Å². The zero-order chi connectivity index (χ0) is 22.1. The molecule has 0 saturated carbocycles. The van der Waals surface area contributed by atoms with Crippen molar-refractivity contribution in [2.24, 2.45) is 5.10 Å². The van der Waals surface area contributed by atoms with Crippen molar-refractivity contribution in [1.82, 2.24) is 15.0 Å². The lowest BCUT2D eigenvalue weighted by atomic mass is 9.99. The van der Waals surface area contributed by atoms with E-state index in [-0.39, 0.29) is 11.6 Å². The first-order valence-electron chi connectivity index (χ1n) is 9.31. The van der Waals surface area contributed by atoms with Crippen LogP contribution in [0.2, 0.25) is 5.02 Å². The predicted octanol–water partition coefficient (Wildman–Crippen LogP) is 2.34. The molecule has 2 aromatic carbocycles. The number of rotatable bonds is 5. The lowest BCUT2D eigenvalue weighted by Gasteiger charge is -2.14. The number of benzene rings is 2. The largest absolute Gasteiger partial charge is 0.493 e. The second kappa shape index (κ2) is 8.19. The third-order valence-electron chi connectivity index (χ3n) is 5.00. The number of halogens is 1. The van der Waals surface area contributed by atoms with Crippen molar-refractivity contribution in [3.8, 4) is 23.1 Å². The molecule has 0 spiro atoms. The molecule has 3 aromatic rings. The summed E-state index contributed by atoms with van der Waals surface area (Å²) in [5, 5.41) is 15.4.